The fourth-order valence-electron chi connectivity index (χ4n) is 3.83. The van der Waals surface area contributed by atoms with Gasteiger partial charge in [-0.25, -0.2) is 4.98 Å². The van der Waals surface area contributed by atoms with Gasteiger partial charge in [0.25, 0.3) is 11.8 Å². The molecule has 0 atom stereocenters. The van der Waals surface area contributed by atoms with Crippen LogP contribution in [0.3, 0.4) is 0 Å². The zero-order valence-electron chi connectivity index (χ0n) is 18.8. The third-order valence-corrected chi connectivity index (χ3v) is 5.98. The molecule has 0 radical (unpaired) electrons. The van der Waals surface area contributed by atoms with Gasteiger partial charge in [0.15, 0.2) is 5.82 Å². The predicted octanol–water partition coefficient (Wildman–Crippen LogP) is 2.92. The van der Waals surface area contributed by atoms with Gasteiger partial charge in [0, 0.05) is 44.5 Å². The molecule has 1 aromatic heterocycles. The Balaban J connectivity index is 1.51. The third kappa shape index (κ3) is 4.59. The summed E-state index contributed by atoms with van der Waals surface area (Å²) in [6.45, 7) is 2.74. The molecule has 2 amide bonds. The Hall–Kier alpha value is -3.87. The van der Waals surface area contributed by atoms with Gasteiger partial charge >= 0.3 is 0 Å². The first-order chi connectivity index (χ1) is 16.4. The lowest BCUT2D eigenvalue weighted by molar-refractivity contribution is 0.0736. The molecule has 174 valence electrons. The van der Waals surface area contributed by atoms with Crippen LogP contribution in [0.25, 0.3) is 11.3 Å². The molecule has 34 heavy (non-hydrogen) atoms. The Morgan fingerprint density at radius 2 is 1.97 bits per heavy atom. The molecule has 2 N–H and O–H groups in total. The number of carbonyl (C=O) groups excluding carboxylic acids is 2. The van der Waals surface area contributed by atoms with Crippen LogP contribution in [0.4, 0.5) is 5.69 Å². The maximum Gasteiger partial charge on any atom is 0.291 e. The predicted molar refractivity (Wildman–Crippen MR) is 128 cm³/mol. The Morgan fingerprint density at radius 3 is 2.65 bits per heavy atom. The molecular formula is C24H23ClN6O3. The molecule has 0 unspecified atom stereocenters. The number of nitrogens with one attached hydrogen (secondary N) is 2. The van der Waals surface area contributed by atoms with Crippen molar-refractivity contribution in [1.29, 1.82) is 5.26 Å². The van der Waals surface area contributed by atoms with E-state index < -0.39 is 5.91 Å². The van der Waals surface area contributed by atoms with E-state index in [4.69, 9.17) is 16.3 Å². The van der Waals surface area contributed by atoms with Crippen molar-refractivity contribution in [3.63, 3.8) is 0 Å². The summed E-state index contributed by atoms with van der Waals surface area (Å²) in [5, 5.41) is 15.6. The highest BCUT2D eigenvalue weighted by Gasteiger charge is 2.21. The second-order valence-corrected chi connectivity index (χ2v) is 8.15. The Kier molecular flexibility index (Phi) is 6.82. The van der Waals surface area contributed by atoms with Crippen LogP contribution in [-0.2, 0) is 7.05 Å². The molecule has 2 aromatic carbocycles. The van der Waals surface area contributed by atoms with Crippen molar-refractivity contribution in [3.8, 4) is 23.1 Å². The normalized spacial score (nSPS) is 13.3. The average Bonchev–Trinajstić information content (AvgIpc) is 3.25. The SMILES string of the molecule is COc1ccc(-c2cnc(C(=O)Nc3ccc(C(=O)N4CCNCC4)c(Cl)c3)n2C)cc1C#N. The van der Waals surface area contributed by atoms with Gasteiger partial charge < -0.3 is 24.8 Å². The van der Waals surface area contributed by atoms with Crippen LogP contribution in [0.1, 0.15) is 26.5 Å². The van der Waals surface area contributed by atoms with Gasteiger partial charge in [0.2, 0.25) is 0 Å². The number of imidazole rings is 1. The maximum absolute atomic E-state index is 12.9. The zero-order chi connectivity index (χ0) is 24.2. The highest BCUT2D eigenvalue weighted by Crippen LogP contribution is 2.27. The van der Waals surface area contributed by atoms with Crippen LogP contribution in [0.15, 0.2) is 42.6 Å². The van der Waals surface area contributed by atoms with Gasteiger partial charge in [-0.1, -0.05) is 11.6 Å². The number of hydrogen-bond acceptors (Lipinski definition) is 6. The fraction of sp³-hybridized carbons (Fsp3) is 0.250. The lowest BCUT2D eigenvalue weighted by Crippen LogP contribution is -2.46. The first-order valence-corrected chi connectivity index (χ1v) is 11.0. The fourth-order valence-corrected chi connectivity index (χ4v) is 4.10. The van der Waals surface area contributed by atoms with Gasteiger partial charge in [0.05, 0.1) is 35.2 Å². The number of halogens is 1. The van der Waals surface area contributed by atoms with E-state index in [0.717, 1.165) is 18.7 Å². The number of benzene rings is 2. The second-order valence-electron chi connectivity index (χ2n) is 7.74. The first kappa shape index (κ1) is 23.3. The summed E-state index contributed by atoms with van der Waals surface area (Å²) in [5.74, 6) is 0.0953. The number of nitriles is 1. The Morgan fingerprint density at radius 1 is 1.21 bits per heavy atom. The number of hydrogen-bond donors (Lipinski definition) is 2. The van der Waals surface area contributed by atoms with E-state index in [1.807, 2.05) is 0 Å². The molecule has 1 fully saturated rings. The Labute approximate surface area is 201 Å². The summed E-state index contributed by atoms with van der Waals surface area (Å²) in [5.41, 5.74) is 2.63. The van der Waals surface area contributed by atoms with E-state index >= 15 is 0 Å². The van der Waals surface area contributed by atoms with Crippen LogP contribution >= 0.6 is 11.6 Å². The molecule has 0 bridgehead atoms. The van der Waals surface area contributed by atoms with E-state index in [0.29, 0.717) is 41.3 Å². The van der Waals surface area contributed by atoms with Crippen molar-refractivity contribution in [2.24, 2.45) is 7.05 Å². The minimum Gasteiger partial charge on any atom is -0.495 e. The van der Waals surface area contributed by atoms with E-state index in [1.54, 1.807) is 59.1 Å². The molecule has 2 heterocycles. The van der Waals surface area contributed by atoms with E-state index in [-0.39, 0.29) is 16.8 Å². The van der Waals surface area contributed by atoms with Crippen LogP contribution < -0.4 is 15.4 Å². The van der Waals surface area contributed by atoms with E-state index in [2.05, 4.69) is 21.7 Å². The molecule has 0 aliphatic carbocycles. The molecule has 10 heteroatoms. The number of methoxy groups -OCH3 is 1. The van der Waals surface area contributed by atoms with Crippen molar-refractivity contribution in [2.75, 3.05) is 38.6 Å². The Bertz CT molecular complexity index is 1290. The maximum atomic E-state index is 12.9. The number of amides is 2. The van der Waals surface area contributed by atoms with Crippen LogP contribution in [0.5, 0.6) is 5.75 Å². The number of aromatic nitrogens is 2. The molecule has 3 aromatic rings. The molecule has 0 spiro atoms. The van der Waals surface area contributed by atoms with Gasteiger partial charge in [-0.05, 0) is 36.4 Å². The monoisotopic (exact) mass is 478 g/mol. The van der Waals surface area contributed by atoms with Crippen LogP contribution in [0, 0.1) is 11.3 Å². The molecule has 4 rings (SSSR count). The lowest BCUT2D eigenvalue weighted by atomic mass is 10.1. The van der Waals surface area contributed by atoms with E-state index in [1.165, 1.54) is 7.11 Å². The largest absolute Gasteiger partial charge is 0.495 e. The zero-order valence-corrected chi connectivity index (χ0v) is 19.5. The topological polar surface area (TPSA) is 112 Å². The second kappa shape index (κ2) is 9.95. The molecule has 1 saturated heterocycles. The van der Waals surface area contributed by atoms with Gasteiger partial charge in [-0.3, -0.25) is 9.59 Å². The minimum atomic E-state index is -0.431. The quantitative estimate of drug-likeness (QED) is 0.583. The summed E-state index contributed by atoms with van der Waals surface area (Å²) in [6, 6.07) is 12.1. The standard InChI is InChI=1S/C24H23ClN6O3/c1-30-20(15-3-6-21(34-2)16(11-15)13-26)14-28-22(30)23(32)29-17-4-5-18(19(25)12-17)24(33)31-9-7-27-8-10-31/h3-6,11-12,14,27H,7-10H2,1-2H3,(H,29,32). The molecule has 1 aliphatic rings. The van der Waals surface area contributed by atoms with Crippen LogP contribution in [0.2, 0.25) is 5.02 Å². The molecular weight excluding hydrogens is 456 g/mol. The number of nitrogens with zero attached hydrogens (tertiary/aromatic N) is 4. The highest BCUT2D eigenvalue weighted by atomic mass is 35.5. The van der Waals surface area contributed by atoms with E-state index in [9.17, 15) is 14.9 Å². The number of anilines is 1. The third-order valence-electron chi connectivity index (χ3n) is 5.67. The summed E-state index contributed by atoms with van der Waals surface area (Å²) in [7, 11) is 3.22. The molecule has 9 nitrogen and oxygen atoms in total. The van der Waals surface area contributed by atoms with Crippen molar-refractivity contribution < 1.29 is 14.3 Å². The number of piperazine rings is 1. The average molecular weight is 479 g/mol. The summed E-state index contributed by atoms with van der Waals surface area (Å²) in [4.78, 5) is 31.6. The molecule has 0 saturated carbocycles. The summed E-state index contributed by atoms with van der Waals surface area (Å²) < 4.78 is 6.83. The minimum absolute atomic E-state index is 0.130. The van der Waals surface area contributed by atoms with Gasteiger partial charge in [-0.2, -0.15) is 5.26 Å². The van der Waals surface area contributed by atoms with Crippen molar-refractivity contribution in [3.05, 3.63) is 64.6 Å². The lowest BCUT2D eigenvalue weighted by Gasteiger charge is -2.27. The van der Waals surface area contributed by atoms with Gasteiger partial charge in [0.1, 0.15) is 11.8 Å². The van der Waals surface area contributed by atoms with Crippen LogP contribution in [-0.4, -0.2) is 59.6 Å². The first-order valence-electron chi connectivity index (χ1n) is 10.6. The van der Waals surface area contributed by atoms with Crippen molar-refractivity contribution >= 4 is 29.1 Å². The smallest absolute Gasteiger partial charge is 0.291 e. The number of ether oxygens (including phenoxy) is 1. The summed E-state index contributed by atoms with van der Waals surface area (Å²) >= 11 is 6.37. The molecule has 1 aliphatic heterocycles. The highest BCUT2D eigenvalue weighted by molar-refractivity contribution is 6.34. The summed E-state index contributed by atoms with van der Waals surface area (Å²) in [6.07, 6.45) is 1.57. The van der Waals surface area contributed by atoms with Gasteiger partial charge in [-0.15, -0.1) is 0 Å². The van der Waals surface area contributed by atoms with Crippen molar-refractivity contribution in [1.82, 2.24) is 19.8 Å². The number of rotatable bonds is 5. The number of carbonyl (C=O) groups is 2. The van der Waals surface area contributed by atoms with Crippen molar-refractivity contribution in [2.45, 2.75) is 0 Å².